The number of carbonyl (C=O) groups is 2. The summed E-state index contributed by atoms with van der Waals surface area (Å²) in [6.07, 6.45) is -4.32. The highest BCUT2D eigenvalue weighted by Gasteiger charge is 2.37. The van der Waals surface area contributed by atoms with E-state index < -0.39 is 46.8 Å². The number of ether oxygens (including phenoxy) is 1. The van der Waals surface area contributed by atoms with Gasteiger partial charge in [0.1, 0.15) is 23.5 Å². The van der Waals surface area contributed by atoms with E-state index in [1.165, 1.54) is 18.2 Å². The highest BCUT2D eigenvalue weighted by atomic mass is 35.5. The maximum Gasteiger partial charge on any atom is 0.416 e. The largest absolute Gasteiger partial charge is 0.490 e. The molecule has 0 unspecified atom stereocenters. The van der Waals surface area contributed by atoms with E-state index >= 15 is 0 Å². The van der Waals surface area contributed by atoms with Crippen molar-refractivity contribution >= 4 is 29.1 Å². The van der Waals surface area contributed by atoms with E-state index in [1.54, 1.807) is 0 Å². The lowest BCUT2D eigenvalue weighted by Gasteiger charge is -2.31. The third kappa shape index (κ3) is 5.25. The first kappa shape index (κ1) is 26.4. The Morgan fingerprint density at radius 1 is 1.08 bits per heavy atom. The van der Waals surface area contributed by atoms with Crippen LogP contribution in [0.3, 0.4) is 0 Å². The zero-order chi connectivity index (χ0) is 28.1. The van der Waals surface area contributed by atoms with Gasteiger partial charge in [-0.3, -0.25) is 9.59 Å². The molecule has 39 heavy (non-hydrogen) atoms. The molecule has 2 aliphatic rings. The van der Waals surface area contributed by atoms with Crippen LogP contribution in [0.1, 0.15) is 56.3 Å². The van der Waals surface area contributed by atoms with Gasteiger partial charge in [0.05, 0.1) is 34.8 Å². The Bertz CT molecular complexity index is 1550. The molecule has 1 aliphatic carbocycles. The van der Waals surface area contributed by atoms with Crippen LogP contribution in [-0.2, 0) is 6.18 Å². The molecular formula is C27H17ClF5N3O3. The molecule has 0 bridgehead atoms. The molecule has 200 valence electrons. The third-order valence-electron chi connectivity index (χ3n) is 6.55. The summed E-state index contributed by atoms with van der Waals surface area (Å²) in [6.45, 7) is 0. The van der Waals surface area contributed by atoms with Crippen molar-refractivity contribution in [1.29, 1.82) is 5.26 Å². The number of benzene rings is 3. The molecule has 1 fully saturated rings. The Labute approximate surface area is 223 Å². The van der Waals surface area contributed by atoms with Crippen LogP contribution in [0.4, 0.5) is 27.6 Å². The average molecular weight is 562 g/mol. The summed E-state index contributed by atoms with van der Waals surface area (Å²) in [7, 11) is 0. The van der Waals surface area contributed by atoms with Gasteiger partial charge in [-0.15, -0.1) is 0 Å². The number of nitrogens with one attached hydrogen (secondary N) is 2. The number of halogens is 6. The molecule has 0 spiro atoms. The van der Waals surface area contributed by atoms with Crippen LogP contribution >= 0.6 is 11.6 Å². The lowest BCUT2D eigenvalue weighted by atomic mass is 9.83. The standard InChI is InChI=1S/C27H17ClF5N3O3/c28-21-2-1-15(29)8-19(21)24-23-20(26(38)36-24)9-18(39-17-3-12(4-17)11-34)10-22(23)35-25(37)13-5-14(27(31,32)33)7-16(30)6-13/h1-2,5-10,12,17,24H,3-4H2,(H,35,37)(H,36,38)/t12?,17?,24-/m0/s1. The molecule has 6 nitrogen and oxygen atoms in total. The third-order valence-corrected chi connectivity index (χ3v) is 6.89. The summed E-state index contributed by atoms with van der Waals surface area (Å²) in [5, 5.41) is 14.3. The van der Waals surface area contributed by atoms with Crippen molar-refractivity contribution in [2.45, 2.75) is 31.2 Å². The minimum absolute atomic E-state index is 0.0369. The fourth-order valence-electron chi connectivity index (χ4n) is 4.59. The maximum absolute atomic E-state index is 14.1. The van der Waals surface area contributed by atoms with Crippen LogP contribution in [0.25, 0.3) is 0 Å². The van der Waals surface area contributed by atoms with Gasteiger partial charge < -0.3 is 15.4 Å². The van der Waals surface area contributed by atoms with Gasteiger partial charge in [0.15, 0.2) is 0 Å². The quantitative estimate of drug-likeness (QED) is 0.353. The molecule has 1 aliphatic heterocycles. The smallest absolute Gasteiger partial charge is 0.416 e. The molecule has 2 N–H and O–H groups in total. The molecule has 3 aromatic rings. The van der Waals surface area contributed by atoms with Crippen molar-refractivity contribution in [3.05, 3.63) is 93.0 Å². The van der Waals surface area contributed by atoms with Crippen molar-refractivity contribution in [3.63, 3.8) is 0 Å². The number of alkyl halides is 3. The first-order chi connectivity index (χ1) is 18.4. The summed E-state index contributed by atoms with van der Waals surface area (Å²) in [5.41, 5.74) is -1.60. The number of anilines is 1. The van der Waals surface area contributed by atoms with Gasteiger partial charge >= 0.3 is 6.18 Å². The Hall–Kier alpha value is -4.17. The zero-order valence-electron chi connectivity index (χ0n) is 19.7. The Kier molecular flexibility index (Phi) is 6.68. The monoisotopic (exact) mass is 561 g/mol. The van der Waals surface area contributed by atoms with Crippen molar-refractivity contribution in [1.82, 2.24) is 5.32 Å². The van der Waals surface area contributed by atoms with E-state index in [2.05, 4.69) is 16.7 Å². The van der Waals surface area contributed by atoms with Crippen LogP contribution in [0.2, 0.25) is 5.02 Å². The van der Waals surface area contributed by atoms with E-state index in [4.69, 9.17) is 21.6 Å². The van der Waals surface area contributed by atoms with Gasteiger partial charge in [0.2, 0.25) is 0 Å². The second-order valence-electron chi connectivity index (χ2n) is 9.22. The number of rotatable bonds is 5. The van der Waals surface area contributed by atoms with Crippen LogP contribution in [0.5, 0.6) is 5.75 Å². The van der Waals surface area contributed by atoms with Crippen molar-refractivity contribution in [2.24, 2.45) is 5.92 Å². The molecule has 12 heteroatoms. The number of hydrogen-bond acceptors (Lipinski definition) is 4. The highest BCUT2D eigenvalue weighted by molar-refractivity contribution is 6.31. The van der Waals surface area contributed by atoms with Gasteiger partial charge in [-0.25, -0.2) is 8.78 Å². The summed E-state index contributed by atoms with van der Waals surface area (Å²) in [4.78, 5) is 26.0. The summed E-state index contributed by atoms with van der Waals surface area (Å²) < 4.78 is 73.6. The van der Waals surface area contributed by atoms with Gasteiger partial charge in [-0.2, -0.15) is 18.4 Å². The lowest BCUT2D eigenvalue weighted by molar-refractivity contribution is -0.137. The van der Waals surface area contributed by atoms with Gasteiger partial charge in [-0.05, 0) is 42.5 Å². The summed E-state index contributed by atoms with van der Waals surface area (Å²) >= 11 is 6.27. The summed E-state index contributed by atoms with van der Waals surface area (Å²) in [5.74, 6) is -3.61. The number of carbonyl (C=O) groups excluding carboxylic acids is 2. The van der Waals surface area contributed by atoms with E-state index in [9.17, 15) is 31.5 Å². The van der Waals surface area contributed by atoms with Crippen molar-refractivity contribution in [3.8, 4) is 11.8 Å². The molecule has 2 amide bonds. The molecule has 5 rings (SSSR count). The predicted molar refractivity (Wildman–Crippen MR) is 129 cm³/mol. The first-order valence-corrected chi connectivity index (χ1v) is 12.0. The maximum atomic E-state index is 14.1. The minimum atomic E-state index is -4.90. The highest BCUT2D eigenvalue weighted by Crippen LogP contribution is 2.43. The molecule has 1 heterocycles. The average Bonchev–Trinajstić information content (AvgIpc) is 3.18. The van der Waals surface area contributed by atoms with Crippen molar-refractivity contribution in [2.75, 3.05) is 5.32 Å². The number of nitriles is 1. The molecular weight excluding hydrogens is 545 g/mol. The molecule has 3 aromatic carbocycles. The number of hydrogen-bond donors (Lipinski definition) is 2. The fourth-order valence-corrected chi connectivity index (χ4v) is 4.81. The number of amides is 2. The Morgan fingerprint density at radius 2 is 1.82 bits per heavy atom. The summed E-state index contributed by atoms with van der Waals surface area (Å²) in [6, 6.07) is 8.80. The Balaban J connectivity index is 1.57. The lowest BCUT2D eigenvalue weighted by Crippen LogP contribution is -2.32. The van der Waals surface area contributed by atoms with E-state index in [-0.39, 0.29) is 51.2 Å². The predicted octanol–water partition coefficient (Wildman–Crippen LogP) is 6.40. The SMILES string of the molecule is N#CC1CC(Oc2cc(NC(=O)c3cc(F)cc(C(F)(F)F)c3)c3c(c2)C(=O)N[C@H]3c2cc(F)ccc2Cl)C1. The van der Waals surface area contributed by atoms with Crippen LogP contribution in [-0.4, -0.2) is 17.9 Å². The minimum Gasteiger partial charge on any atom is -0.490 e. The topological polar surface area (TPSA) is 91.2 Å². The molecule has 0 saturated heterocycles. The van der Waals surface area contributed by atoms with Crippen LogP contribution in [0, 0.1) is 28.9 Å². The molecule has 1 atom stereocenters. The van der Waals surface area contributed by atoms with Crippen molar-refractivity contribution < 1.29 is 36.3 Å². The zero-order valence-corrected chi connectivity index (χ0v) is 20.5. The number of fused-ring (bicyclic) bond motifs is 1. The van der Waals surface area contributed by atoms with E-state index in [1.807, 2.05) is 0 Å². The van der Waals surface area contributed by atoms with Gasteiger partial charge in [0.25, 0.3) is 11.8 Å². The molecule has 0 aromatic heterocycles. The normalized spacial score (nSPS) is 19.9. The molecule has 1 saturated carbocycles. The number of nitrogens with zero attached hydrogens (tertiary/aromatic N) is 1. The fraction of sp³-hybridized carbons (Fsp3) is 0.222. The second-order valence-corrected chi connectivity index (χ2v) is 9.63. The van der Waals surface area contributed by atoms with E-state index in [0.29, 0.717) is 25.0 Å². The van der Waals surface area contributed by atoms with Crippen LogP contribution in [0.15, 0.2) is 48.5 Å². The van der Waals surface area contributed by atoms with Gasteiger partial charge in [0, 0.05) is 40.6 Å². The van der Waals surface area contributed by atoms with Crippen LogP contribution < -0.4 is 15.4 Å². The van der Waals surface area contributed by atoms with E-state index in [0.717, 1.165) is 12.1 Å². The second kappa shape index (κ2) is 9.85. The van der Waals surface area contributed by atoms with Gasteiger partial charge in [-0.1, -0.05) is 11.6 Å². The first-order valence-electron chi connectivity index (χ1n) is 11.6. The Morgan fingerprint density at radius 3 is 2.51 bits per heavy atom. The molecule has 0 radical (unpaired) electrons.